The number of amides is 1. The van der Waals surface area contributed by atoms with Crippen LogP contribution in [0.3, 0.4) is 0 Å². The van der Waals surface area contributed by atoms with E-state index in [1.54, 1.807) is 0 Å². The summed E-state index contributed by atoms with van der Waals surface area (Å²) in [6.45, 7) is 2.96. The van der Waals surface area contributed by atoms with Crippen molar-refractivity contribution >= 4 is 11.9 Å². The van der Waals surface area contributed by atoms with Crippen molar-refractivity contribution < 1.29 is 19.8 Å². The molecule has 0 aromatic rings. The molecule has 0 heterocycles. The van der Waals surface area contributed by atoms with E-state index in [0.717, 1.165) is 13.3 Å². The molecule has 2 unspecified atom stereocenters. The van der Waals surface area contributed by atoms with Crippen LogP contribution in [0.4, 0.5) is 0 Å². The number of aliphatic hydroxyl groups is 1. The fourth-order valence-electron chi connectivity index (χ4n) is 1.18. The first-order valence-electron chi connectivity index (χ1n) is 5.28. The maximum Gasteiger partial charge on any atom is 0.337 e. The largest absolute Gasteiger partial charge is 0.479 e. The first kappa shape index (κ1) is 14.9. The molecule has 0 fully saturated rings. The van der Waals surface area contributed by atoms with E-state index in [-0.39, 0.29) is 24.9 Å². The van der Waals surface area contributed by atoms with Crippen LogP contribution in [-0.2, 0) is 9.59 Å². The highest BCUT2D eigenvalue weighted by atomic mass is 16.4. The quantitative estimate of drug-likeness (QED) is 0.464. The van der Waals surface area contributed by atoms with Gasteiger partial charge in [-0.25, -0.2) is 4.79 Å². The molecule has 5 N–H and O–H groups in total. The number of aliphatic carboxylic acids is 1. The summed E-state index contributed by atoms with van der Waals surface area (Å²) >= 11 is 0. The van der Waals surface area contributed by atoms with Crippen molar-refractivity contribution in [3.05, 3.63) is 0 Å². The molecule has 0 aromatic carbocycles. The number of nitrogens with two attached hydrogens (primary N) is 1. The minimum Gasteiger partial charge on any atom is -0.479 e. The number of hydrogen-bond acceptors (Lipinski definition) is 4. The summed E-state index contributed by atoms with van der Waals surface area (Å²) in [5.74, 6) is -2.01. The number of hydrogen-bond donors (Lipinski definition) is 4. The Balaban J connectivity index is 4.19. The smallest absolute Gasteiger partial charge is 0.337 e. The Hall–Kier alpha value is -1.14. The lowest BCUT2D eigenvalue weighted by Crippen LogP contribution is -2.48. The molecule has 0 aliphatic rings. The Labute approximate surface area is 94.8 Å². The van der Waals surface area contributed by atoms with Crippen molar-refractivity contribution in [1.82, 2.24) is 5.32 Å². The van der Waals surface area contributed by atoms with Gasteiger partial charge in [-0.05, 0) is 13.3 Å². The van der Waals surface area contributed by atoms with Gasteiger partial charge in [-0.3, -0.25) is 4.79 Å². The highest BCUT2D eigenvalue weighted by molar-refractivity contribution is 5.81. The third kappa shape index (κ3) is 4.59. The van der Waals surface area contributed by atoms with Crippen LogP contribution in [0, 0.1) is 5.92 Å². The van der Waals surface area contributed by atoms with Gasteiger partial charge in [0.15, 0.2) is 5.60 Å². The molecule has 0 spiro atoms. The molecule has 0 saturated carbocycles. The molecular weight excluding hydrogens is 212 g/mol. The Morgan fingerprint density at radius 2 is 2.06 bits per heavy atom. The van der Waals surface area contributed by atoms with E-state index in [2.05, 4.69) is 5.32 Å². The molecule has 0 saturated heterocycles. The van der Waals surface area contributed by atoms with Crippen LogP contribution in [0.5, 0.6) is 0 Å². The average Bonchev–Trinajstić information content (AvgIpc) is 2.22. The lowest BCUT2D eigenvalue weighted by Gasteiger charge is -2.20. The summed E-state index contributed by atoms with van der Waals surface area (Å²) in [5, 5.41) is 20.4. The standard InChI is InChI=1S/C10H20N2O4/c1-3-4-7(5-11)8(13)12-6-10(2,16)9(14)15/h7,16H,3-6,11H2,1-2H3,(H,12,13)(H,14,15). The predicted molar refractivity (Wildman–Crippen MR) is 58.7 cm³/mol. The van der Waals surface area contributed by atoms with Crippen molar-refractivity contribution in [3.63, 3.8) is 0 Å². The fraction of sp³-hybridized carbons (Fsp3) is 0.800. The number of nitrogens with one attached hydrogen (secondary N) is 1. The molecule has 94 valence electrons. The van der Waals surface area contributed by atoms with Crippen LogP contribution in [0.15, 0.2) is 0 Å². The summed E-state index contributed by atoms with van der Waals surface area (Å²) in [6.07, 6.45) is 1.47. The first-order chi connectivity index (χ1) is 7.35. The van der Waals surface area contributed by atoms with Gasteiger partial charge in [-0.15, -0.1) is 0 Å². The van der Waals surface area contributed by atoms with E-state index >= 15 is 0 Å². The SMILES string of the molecule is CCCC(CN)C(=O)NCC(C)(O)C(=O)O. The van der Waals surface area contributed by atoms with Gasteiger partial charge >= 0.3 is 5.97 Å². The average molecular weight is 232 g/mol. The van der Waals surface area contributed by atoms with Gasteiger partial charge in [0.05, 0.1) is 12.5 Å². The summed E-state index contributed by atoms with van der Waals surface area (Å²) in [4.78, 5) is 22.1. The van der Waals surface area contributed by atoms with E-state index in [1.807, 2.05) is 6.92 Å². The minimum atomic E-state index is -1.94. The molecule has 1 amide bonds. The highest BCUT2D eigenvalue weighted by Crippen LogP contribution is 2.06. The van der Waals surface area contributed by atoms with Gasteiger partial charge in [0, 0.05) is 6.54 Å². The number of rotatable bonds is 7. The Kier molecular flexibility index (Phi) is 5.98. The van der Waals surface area contributed by atoms with Crippen LogP contribution < -0.4 is 11.1 Å². The van der Waals surface area contributed by atoms with Crippen molar-refractivity contribution in [2.45, 2.75) is 32.3 Å². The molecule has 6 nitrogen and oxygen atoms in total. The highest BCUT2D eigenvalue weighted by Gasteiger charge is 2.31. The van der Waals surface area contributed by atoms with E-state index in [1.165, 1.54) is 0 Å². The van der Waals surface area contributed by atoms with E-state index in [0.29, 0.717) is 6.42 Å². The second kappa shape index (κ2) is 6.44. The summed E-state index contributed by atoms with van der Waals surface area (Å²) in [7, 11) is 0. The van der Waals surface area contributed by atoms with Gasteiger partial charge in [0.25, 0.3) is 0 Å². The minimum absolute atomic E-state index is 0.217. The number of carboxylic acid groups (broad SMARTS) is 1. The second-order valence-electron chi connectivity index (χ2n) is 4.02. The molecule has 6 heteroatoms. The van der Waals surface area contributed by atoms with Gasteiger partial charge in [-0.2, -0.15) is 0 Å². The van der Waals surface area contributed by atoms with E-state index in [4.69, 9.17) is 10.8 Å². The van der Waals surface area contributed by atoms with Crippen LogP contribution >= 0.6 is 0 Å². The molecule has 0 rings (SSSR count). The zero-order valence-electron chi connectivity index (χ0n) is 9.69. The van der Waals surface area contributed by atoms with Gasteiger partial charge in [0.2, 0.25) is 5.91 Å². The van der Waals surface area contributed by atoms with E-state index in [9.17, 15) is 14.7 Å². The van der Waals surface area contributed by atoms with Crippen LogP contribution in [0.25, 0.3) is 0 Å². The molecular formula is C10H20N2O4. The zero-order chi connectivity index (χ0) is 12.8. The predicted octanol–water partition coefficient (Wildman–Crippen LogP) is -0.687. The van der Waals surface area contributed by atoms with Crippen molar-refractivity contribution in [2.24, 2.45) is 11.7 Å². The third-order valence-electron chi connectivity index (χ3n) is 2.36. The summed E-state index contributed by atoms with van der Waals surface area (Å²) in [6, 6.07) is 0. The number of carbonyl (C=O) groups excluding carboxylic acids is 1. The summed E-state index contributed by atoms with van der Waals surface area (Å²) < 4.78 is 0. The molecule has 0 aliphatic carbocycles. The number of carbonyl (C=O) groups is 2. The Bertz CT molecular complexity index is 253. The normalized spacial score (nSPS) is 16.2. The Morgan fingerprint density at radius 3 is 2.44 bits per heavy atom. The maximum atomic E-state index is 11.5. The molecule has 0 aliphatic heterocycles. The van der Waals surface area contributed by atoms with Crippen molar-refractivity contribution in [3.8, 4) is 0 Å². The van der Waals surface area contributed by atoms with Gasteiger partial charge in [-0.1, -0.05) is 13.3 Å². The van der Waals surface area contributed by atoms with Crippen molar-refractivity contribution in [1.29, 1.82) is 0 Å². The maximum absolute atomic E-state index is 11.5. The van der Waals surface area contributed by atoms with Crippen LogP contribution in [-0.4, -0.2) is 40.8 Å². The van der Waals surface area contributed by atoms with Gasteiger partial charge < -0.3 is 21.3 Å². The summed E-state index contributed by atoms with van der Waals surface area (Å²) in [5.41, 5.74) is 3.48. The molecule has 0 aromatic heterocycles. The monoisotopic (exact) mass is 232 g/mol. The topological polar surface area (TPSA) is 113 Å². The molecule has 16 heavy (non-hydrogen) atoms. The third-order valence-corrected chi connectivity index (χ3v) is 2.36. The van der Waals surface area contributed by atoms with Crippen LogP contribution in [0.2, 0.25) is 0 Å². The fourth-order valence-corrected chi connectivity index (χ4v) is 1.18. The molecule has 2 atom stereocenters. The second-order valence-corrected chi connectivity index (χ2v) is 4.02. The lowest BCUT2D eigenvalue weighted by atomic mass is 10.0. The number of carboxylic acids is 1. The van der Waals surface area contributed by atoms with Crippen LogP contribution in [0.1, 0.15) is 26.7 Å². The van der Waals surface area contributed by atoms with Gasteiger partial charge in [0.1, 0.15) is 0 Å². The molecule has 0 radical (unpaired) electrons. The van der Waals surface area contributed by atoms with Crippen molar-refractivity contribution in [2.75, 3.05) is 13.1 Å². The zero-order valence-corrected chi connectivity index (χ0v) is 9.69. The Morgan fingerprint density at radius 1 is 1.50 bits per heavy atom. The van der Waals surface area contributed by atoms with E-state index < -0.39 is 11.6 Å². The molecule has 0 bridgehead atoms. The first-order valence-corrected chi connectivity index (χ1v) is 5.28. The lowest BCUT2D eigenvalue weighted by molar-refractivity contribution is -0.156.